The number of methoxy groups -OCH3 is 2. The fourth-order valence-corrected chi connectivity index (χ4v) is 4.98. The van der Waals surface area contributed by atoms with Crippen molar-refractivity contribution >= 4 is 28.8 Å². The molecule has 4 rings (SSSR count). The summed E-state index contributed by atoms with van der Waals surface area (Å²) in [5.41, 5.74) is 2.33. The van der Waals surface area contributed by atoms with Gasteiger partial charge in [0.05, 0.1) is 57.4 Å². The second kappa shape index (κ2) is 10.7. The first-order valence-electron chi connectivity index (χ1n) is 11.1. The van der Waals surface area contributed by atoms with Gasteiger partial charge < -0.3 is 28.8 Å². The number of nitrogens with zero attached hydrogens (tertiary/aromatic N) is 2. The fourth-order valence-electron chi connectivity index (χ4n) is 4.01. The Labute approximate surface area is 207 Å². The maximum absolute atomic E-state index is 13.1. The second-order valence-corrected chi connectivity index (χ2v) is 8.59. The normalized spacial score (nSPS) is 16.9. The van der Waals surface area contributed by atoms with E-state index in [2.05, 4.69) is 10.3 Å². The minimum atomic E-state index is -0.620. The predicted molar refractivity (Wildman–Crippen MR) is 132 cm³/mol. The minimum Gasteiger partial charge on any atom is -0.497 e. The molecular formula is C25H27N3O6S. The molecule has 1 atom stereocenters. The smallest absolute Gasteiger partial charge is 0.338 e. The van der Waals surface area contributed by atoms with Crippen LogP contribution in [0.3, 0.4) is 0 Å². The van der Waals surface area contributed by atoms with E-state index in [1.165, 1.54) is 11.8 Å². The number of carbonyl (C=O) groups is 2. The molecule has 2 aliphatic heterocycles. The van der Waals surface area contributed by atoms with E-state index in [9.17, 15) is 9.59 Å². The molecule has 1 N–H and O–H groups in total. The maximum Gasteiger partial charge on any atom is 0.338 e. The van der Waals surface area contributed by atoms with Crippen molar-refractivity contribution < 1.29 is 28.2 Å². The van der Waals surface area contributed by atoms with Crippen LogP contribution in [0.2, 0.25) is 0 Å². The van der Waals surface area contributed by atoms with Crippen LogP contribution in [0.15, 0.2) is 68.4 Å². The number of hydrogen-bond acceptors (Lipinski definition) is 9. The first-order chi connectivity index (χ1) is 17.0. The summed E-state index contributed by atoms with van der Waals surface area (Å²) >= 11 is 1.40. The summed E-state index contributed by atoms with van der Waals surface area (Å²) in [4.78, 5) is 32.5. The van der Waals surface area contributed by atoms with Gasteiger partial charge in [0.2, 0.25) is 5.91 Å². The van der Waals surface area contributed by atoms with Gasteiger partial charge in [-0.3, -0.25) is 4.79 Å². The molecule has 0 saturated carbocycles. The van der Waals surface area contributed by atoms with Gasteiger partial charge in [-0.15, -0.1) is 0 Å². The van der Waals surface area contributed by atoms with Gasteiger partial charge in [-0.1, -0.05) is 11.8 Å². The lowest BCUT2D eigenvalue weighted by atomic mass is 9.93. The number of rotatable bonds is 9. The highest BCUT2D eigenvalue weighted by atomic mass is 32.2. The number of carbonyl (C=O) groups excluding carboxylic acids is 2. The van der Waals surface area contributed by atoms with Crippen LogP contribution in [0.5, 0.6) is 11.5 Å². The first kappa shape index (κ1) is 24.5. The number of thioether (sulfide) groups is 1. The third-order valence-corrected chi connectivity index (χ3v) is 6.50. The van der Waals surface area contributed by atoms with Crippen LogP contribution in [0.4, 0.5) is 0 Å². The number of nitrogens with one attached hydrogen (secondary N) is 1. The lowest BCUT2D eigenvalue weighted by Crippen LogP contribution is -2.38. The highest BCUT2D eigenvalue weighted by molar-refractivity contribution is 8.16. The number of aliphatic imine (C=N–C) groups is 1. The SMILES string of the molecule is CCOC(=O)C1=C(C)N=C2SC=C(CC(=O)NCc3ccco3)N2[C@@H]1c1cc(OC)ccc1OC. The molecule has 0 aliphatic carbocycles. The van der Waals surface area contributed by atoms with Crippen molar-refractivity contribution in [3.8, 4) is 11.5 Å². The third-order valence-electron chi connectivity index (χ3n) is 5.61. The van der Waals surface area contributed by atoms with Crippen molar-refractivity contribution in [1.82, 2.24) is 10.2 Å². The average molecular weight is 498 g/mol. The van der Waals surface area contributed by atoms with E-state index in [0.29, 0.717) is 45.0 Å². The molecule has 35 heavy (non-hydrogen) atoms. The Hall–Kier alpha value is -3.66. The molecule has 1 aromatic carbocycles. The number of fused-ring (bicyclic) bond motifs is 1. The molecule has 2 aromatic rings. The van der Waals surface area contributed by atoms with Crippen LogP contribution in [-0.4, -0.2) is 42.8 Å². The second-order valence-electron chi connectivity index (χ2n) is 7.75. The molecule has 0 fully saturated rings. The molecule has 1 aromatic heterocycles. The molecule has 0 saturated heterocycles. The van der Waals surface area contributed by atoms with Crippen molar-refractivity contribution in [3.63, 3.8) is 0 Å². The summed E-state index contributed by atoms with van der Waals surface area (Å²) < 4.78 is 21.8. The monoisotopic (exact) mass is 497 g/mol. The number of benzene rings is 1. The van der Waals surface area contributed by atoms with E-state index >= 15 is 0 Å². The first-order valence-corrected chi connectivity index (χ1v) is 12.0. The quantitative estimate of drug-likeness (QED) is 0.516. The molecule has 0 radical (unpaired) electrons. The van der Waals surface area contributed by atoms with Gasteiger partial charge in [-0.25, -0.2) is 9.79 Å². The highest BCUT2D eigenvalue weighted by Gasteiger charge is 2.42. The lowest BCUT2D eigenvalue weighted by Gasteiger charge is -2.36. The van der Waals surface area contributed by atoms with Crippen LogP contribution in [0.25, 0.3) is 0 Å². The van der Waals surface area contributed by atoms with Gasteiger partial charge in [-0.05, 0) is 49.6 Å². The Morgan fingerprint density at radius 3 is 2.74 bits per heavy atom. The summed E-state index contributed by atoms with van der Waals surface area (Å²) in [6.07, 6.45) is 1.65. The van der Waals surface area contributed by atoms with Crippen molar-refractivity contribution in [3.05, 3.63) is 70.3 Å². The number of furan rings is 1. The largest absolute Gasteiger partial charge is 0.497 e. The van der Waals surface area contributed by atoms with Crippen molar-refractivity contribution in [2.75, 3.05) is 20.8 Å². The van der Waals surface area contributed by atoms with Gasteiger partial charge in [0.1, 0.15) is 17.3 Å². The summed E-state index contributed by atoms with van der Waals surface area (Å²) in [6.45, 7) is 4.05. The molecule has 0 spiro atoms. The molecule has 0 unspecified atom stereocenters. The molecule has 2 aliphatic rings. The third kappa shape index (κ3) is 5.07. The topological polar surface area (TPSA) is 103 Å². The van der Waals surface area contributed by atoms with E-state index in [1.807, 2.05) is 16.4 Å². The summed E-state index contributed by atoms with van der Waals surface area (Å²) in [6, 6.07) is 8.36. The molecule has 1 amide bonds. The Balaban J connectivity index is 1.71. The summed E-state index contributed by atoms with van der Waals surface area (Å²) in [7, 11) is 3.15. The predicted octanol–water partition coefficient (Wildman–Crippen LogP) is 4.14. The van der Waals surface area contributed by atoms with Crippen molar-refractivity contribution in [1.29, 1.82) is 0 Å². The molecule has 184 valence electrons. The summed E-state index contributed by atoms with van der Waals surface area (Å²) in [5.74, 6) is 1.19. The van der Waals surface area contributed by atoms with Crippen LogP contribution >= 0.6 is 11.8 Å². The van der Waals surface area contributed by atoms with Gasteiger partial charge in [0.15, 0.2) is 5.17 Å². The highest BCUT2D eigenvalue weighted by Crippen LogP contribution is 2.47. The molecule has 9 nitrogen and oxygen atoms in total. The van der Waals surface area contributed by atoms with Crippen LogP contribution in [0.1, 0.15) is 37.6 Å². The van der Waals surface area contributed by atoms with Crippen LogP contribution < -0.4 is 14.8 Å². The number of hydrogen-bond donors (Lipinski definition) is 1. The van der Waals surface area contributed by atoms with Gasteiger partial charge >= 0.3 is 5.97 Å². The Morgan fingerprint density at radius 1 is 1.23 bits per heavy atom. The lowest BCUT2D eigenvalue weighted by molar-refractivity contribution is -0.139. The van der Waals surface area contributed by atoms with Gasteiger partial charge in [-0.2, -0.15) is 0 Å². The van der Waals surface area contributed by atoms with Crippen molar-refractivity contribution in [2.45, 2.75) is 32.9 Å². The van der Waals surface area contributed by atoms with E-state index in [0.717, 1.165) is 0 Å². The summed E-state index contributed by atoms with van der Waals surface area (Å²) in [5, 5.41) is 5.42. The molecule has 3 heterocycles. The fraction of sp³-hybridized carbons (Fsp3) is 0.320. The zero-order valence-electron chi connectivity index (χ0n) is 20.0. The van der Waals surface area contributed by atoms with E-state index in [-0.39, 0.29) is 25.5 Å². The van der Waals surface area contributed by atoms with E-state index < -0.39 is 12.0 Å². The number of ether oxygens (including phenoxy) is 3. The van der Waals surface area contributed by atoms with Crippen molar-refractivity contribution in [2.24, 2.45) is 4.99 Å². The molecular weight excluding hydrogens is 470 g/mol. The number of allylic oxidation sites excluding steroid dienone is 1. The Bertz CT molecular complexity index is 1200. The van der Waals surface area contributed by atoms with E-state index in [1.54, 1.807) is 58.6 Å². The zero-order chi connectivity index (χ0) is 24.9. The van der Waals surface area contributed by atoms with Gasteiger partial charge in [0.25, 0.3) is 0 Å². The maximum atomic E-state index is 13.1. The number of esters is 1. The molecule has 10 heteroatoms. The Morgan fingerprint density at radius 2 is 2.06 bits per heavy atom. The standard InChI is InChI=1S/C25H27N3O6S/c1-5-33-24(30)22-15(2)27-25-28(23(22)19-12-17(31-3)8-9-20(19)32-4)16(14-35-25)11-21(29)26-13-18-7-6-10-34-18/h6-10,12,14,23H,5,11,13H2,1-4H3,(H,26,29)/t23-/m1/s1. The molecule has 0 bridgehead atoms. The average Bonchev–Trinajstić information content (AvgIpc) is 3.51. The van der Waals surface area contributed by atoms with Crippen LogP contribution in [0, 0.1) is 0 Å². The Kier molecular flexibility index (Phi) is 7.50. The number of amidine groups is 1. The minimum absolute atomic E-state index is 0.0880. The zero-order valence-corrected chi connectivity index (χ0v) is 20.8. The van der Waals surface area contributed by atoms with Crippen LogP contribution in [-0.2, 0) is 20.9 Å². The number of amides is 1. The van der Waals surface area contributed by atoms with E-state index in [4.69, 9.17) is 18.6 Å². The van der Waals surface area contributed by atoms with Gasteiger partial charge in [0, 0.05) is 11.3 Å².